The van der Waals surface area contributed by atoms with Gasteiger partial charge in [0, 0.05) is 11.3 Å². The number of carboxylic acids is 1. The van der Waals surface area contributed by atoms with E-state index in [0.29, 0.717) is 12.2 Å². The SMILES string of the molecule is CCC1SCC(C(=O)O)N1C(=O)c1ccc(OC)c(O)c1. The van der Waals surface area contributed by atoms with Gasteiger partial charge in [-0.05, 0) is 24.6 Å². The smallest absolute Gasteiger partial charge is 0.327 e. The summed E-state index contributed by atoms with van der Waals surface area (Å²) >= 11 is 1.46. The van der Waals surface area contributed by atoms with E-state index in [1.54, 1.807) is 0 Å². The fourth-order valence-corrected chi connectivity index (χ4v) is 3.66. The molecule has 0 aliphatic carbocycles. The molecule has 1 aliphatic heterocycles. The molecule has 6 nitrogen and oxygen atoms in total. The summed E-state index contributed by atoms with van der Waals surface area (Å²) in [5.74, 6) is -0.900. The van der Waals surface area contributed by atoms with Gasteiger partial charge in [0.1, 0.15) is 6.04 Å². The summed E-state index contributed by atoms with van der Waals surface area (Å²) in [6, 6.07) is 3.48. The van der Waals surface area contributed by atoms with Gasteiger partial charge in [-0.1, -0.05) is 6.92 Å². The maximum atomic E-state index is 12.6. The predicted molar refractivity (Wildman–Crippen MR) is 78.8 cm³/mol. The highest BCUT2D eigenvalue weighted by molar-refractivity contribution is 8.00. The van der Waals surface area contributed by atoms with Crippen molar-refractivity contribution in [1.29, 1.82) is 0 Å². The van der Waals surface area contributed by atoms with E-state index in [9.17, 15) is 19.8 Å². The maximum absolute atomic E-state index is 12.6. The molecule has 0 bridgehead atoms. The molecule has 2 rings (SSSR count). The Morgan fingerprint density at radius 1 is 1.48 bits per heavy atom. The molecule has 0 spiro atoms. The van der Waals surface area contributed by atoms with Crippen molar-refractivity contribution in [2.75, 3.05) is 12.9 Å². The van der Waals surface area contributed by atoms with Gasteiger partial charge in [0.15, 0.2) is 11.5 Å². The van der Waals surface area contributed by atoms with Gasteiger partial charge in [0.25, 0.3) is 5.91 Å². The molecule has 1 saturated heterocycles. The van der Waals surface area contributed by atoms with Crippen molar-refractivity contribution in [3.8, 4) is 11.5 Å². The highest BCUT2D eigenvalue weighted by atomic mass is 32.2. The predicted octanol–water partition coefficient (Wildman–Crippen LogP) is 1.78. The van der Waals surface area contributed by atoms with Crippen LogP contribution in [0.3, 0.4) is 0 Å². The molecule has 114 valence electrons. The van der Waals surface area contributed by atoms with Crippen LogP contribution in [0.1, 0.15) is 23.7 Å². The molecular weight excluding hydrogens is 294 g/mol. The first-order valence-corrected chi connectivity index (χ1v) is 7.58. The third kappa shape index (κ3) is 2.92. The van der Waals surface area contributed by atoms with Gasteiger partial charge in [-0.2, -0.15) is 0 Å². The monoisotopic (exact) mass is 311 g/mol. The van der Waals surface area contributed by atoms with Crippen molar-refractivity contribution in [2.24, 2.45) is 0 Å². The minimum atomic E-state index is -1.01. The molecule has 0 radical (unpaired) electrons. The Balaban J connectivity index is 2.32. The number of nitrogens with zero attached hydrogens (tertiary/aromatic N) is 1. The van der Waals surface area contributed by atoms with Crippen LogP contribution in [0.25, 0.3) is 0 Å². The molecule has 21 heavy (non-hydrogen) atoms. The largest absolute Gasteiger partial charge is 0.504 e. The first-order chi connectivity index (χ1) is 9.99. The highest BCUT2D eigenvalue weighted by Crippen LogP contribution is 2.34. The van der Waals surface area contributed by atoms with E-state index in [1.165, 1.54) is 42.0 Å². The van der Waals surface area contributed by atoms with Crippen LogP contribution >= 0.6 is 11.8 Å². The van der Waals surface area contributed by atoms with Crippen molar-refractivity contribution in [3.05, 3.63) is 23.8 Å². The number of phenolic OH excluding ortho intramolecular Hbond substituents is 1. The molecule has 1 fully saturated rings. The van der Waals surface area contributed by atoms with Gasteiger partial charge < -0.3 is 19.8 Å². The Hall–Kier alpha value is -1.89. The molecular formula is C14H17NO5S. The number of carbonyl (C=O) groups excluding carboxylic acids is 1. The van der Waals surface area contributed by atoms with Crippen LogP contribution in [0.15, 0.2) is 18.2 Å². The lowest BCUT2D eigenvalue weighted by molar-refractivity contribution is -0.141. The Labute approximate surface area is 126 Å². The maximum Gasteiger partial charge on any atom is 0.327 e. The second-order valence-corrected chi connectivity index (χ2v) is 5.86. The Bertz CT molecular complexity index is 562. The van der Waals surface area contributed by atoms with Crippen molar-refractivity contribution in [3.63, 3.8) is 0 Å². The van der Waals surface area contributed by atoms with E-state index in [0.717, 1.165) is 0 Å². The van der Waals surface area contributed by atoms with Crippen LogP contribution < -0.4 is 4.74 Å². The number of rotatable bonds is 4. The standard InChI is InChI=1S/C14H17NO5S/c1-3-12-15(9(7-21-12)14(18)19)13(17)8-4-5-11(20-2)10(16)6-8/h4-6,9,12,16H,3,7H2,1-2H3,(H,18,19). The van der Waals surface area contributed by atoms with E-state index in [4.69, 9.17) is 4.74 Å². The molecule has 1 aliphatic rings. The van der Waals surface area contributed by atoms with Crippen LogP contribution in [0.4, 0.5) is 0 Å². The summed E-state index contributed by atoms with van der Waals surface area (Å²) in [5.41, 5.74) is 0.250. The zero-order chi connectivity index (χ0) is 15.6. The van der Waals surface area contributed by atoms with E-state index in [1.807, 2.05) is 6.92 Å². The summed E-state index contributed by atoms with van der Waals surface area (Å²) in [5, 5.41) is 18.9. The second-order valence-electron chi connectivity index (χ2n) is 4.65. The van der Waals surface area contributed by atoms with E-state index >= 15 is 0 Å². The Morgan fingerprint density at radius 3 is 2.71 bits per heavy atom. The number of aliphatic carboxylic acids is 1. The third-order valence-electron chi connectivity index (χ3n) is 3.39. The molecule has 1 aromatic carbocycles. The lowest BCUT2D eigenvalue weighted by Gasteiger charge is -2.26. The summed E-state index contributed by atoms with van der Waals surface area (Å²) in [6.45, 7) is 1.91. The normalized spacial score (nSPS) is 21.3. The Morgan fingerprint density at radius 2 is 2.19 bits per heavy atom. The summed E-state index contributed by atoms with van der Waals surface area (Å²) in [4.78, 5) is 25.3. The number of aromatic hydroxyl groups is 1. The van der Waals surface area contributed by atoms with Crippen LogP contribution in [0, 0.1) is 0 Å². The van der Waals surface area contributed by atoms with Gasteiger partial charge in [-0.15, -0.1) is 11.8 Å². The van der Waals surface area contributed by atoms with Gasteiger partial charge in [-0.3, -0.25) is 4.79 Å². The van der Waals surface area contributed by atoms with Crippen LogP contribution in [0.5, 0.6) is 11.5 Å². The van der Waals surface area contributed by atoms with Crippen molar-refractivity contribution in [1.82, 2.24) is 4.90 Å². The number of carboxylic acid groups (broad SMARTS) is 1. The van der Waals surface area contributed by atoms with Gasteiger partial charge >= 0.3 is 5.97 Å². The number of phenols is 1. The quantitative estimate of drug-likeness (QED) is 0.881. The van der Waals surface area contributed by atoms with Crippen molar-refractivity contribution >= 4 is 23.6 Å². The Kier molecular flexibility index (Phi) is 4.62. The number of benzene rings is 1. The highest BCUT2D eigenvalue weighted by Gasteiger charge is 2.41. The van der Waals surface area contributed by atoms with Gasteiger partial charge in [0.2, 0.25) is 0 Å². The molecule has 0 saturated carbocycles. The summed E-state index contributed by atoms with van der Waals surface area (Å²) < 4.78 is 4.93. The number of methoxy groups -OCH3 is 1. The number of hydrogen-bond donors (Lipinski definition) is 2. The number of ether oxygens (including phenoxy) is 1. The molecule has 1 aromatic rings. The molecule has 0 aromatic heterocycles. The molecule has 2 atom stereocenters. The molecule has 2 unspecified atom stereocenters. The minimum Gasteiger partial charge on any atom is -0.504 e. The van der Waals surface area contributed by atoms with Gasteiger partial charge in [-0.25, -0.2) is 4.79 Å². The number of thioether (sulfide) groups is 1. The summed E-state index contributed by atoms with van der Waals surface area (Å²) in [7, 11) is 1.42. The fourth-order valence-electron chi connectivity index (χ4n) is 2.31. The zero-order valence-corrected chi connectivity index (χ0v) is 12.6. The van der Waals surface area contributed by atoms with Crippen LogP contribution in [0.2, 0.25) is 0 Å². The first kappa shape index (κ1) is 15.5. The average molecular weight is 311 g/mol. The van der Waals surface area contributed by atoms with Crippen LogP contribution in [-0.2, 0) is 4.79 Å². The zero-order valence-electron chi connectivity index (χ0n) is 11.8. The molecule has 2 N–H and O–H groups in total. The summed E-state index contributed by atoms with van der Waals surface area (Å²) in [6.07, 6.45) is 0.669. The lowest BCUT2D eigenvalue weighted by atomic mass is 10.1. The topological polar surface area (TPSA) is 87.1 Å². The number of carbonyl (C=O) groups is 2. The molecule has 1 heterocycles. The molecule has 7 heteroatoms. The third-order valence-corrected chi connectivity index (χ3v) is 4.84. The van der Waals surface area contributed by atoms with E-state index in [-0.39, 0.29) is 22.4 Å². The minimum absolute atomic E-state index is 0.143. The van der Waals surface area contributed by atoms with E-state index < -0.39 is 17.9 Å². The fraction of sp³-hybridized carbons (Fsp3) is 0.429. The average Bonchev–Trinajstić information content (AvgIpc) is 2.90. The second kappa shape index (κ2) is 6.26. The first-order valence-electron chi connectivity index (χ1n) is 6.53. The van der Waals surface area contributed by atoms with E-state index in [2.05, 4.69) is 0 Å². The number of amides is 1. The van der Waals surface area contributed by atoms with Crippen molar-refractivity contribution in [2.45, 2.75) is 24.8 Å². The lowest BCUT2D eigenvalue weighted by Crippen LogP contribution is -2.45. The molecule has 1 amide bonds. The number of hydrogen-bond acceptors (Lipinski definition) is 5. The van der Waals surface area contributed by atoms with Crippen LogP contribution in [-0.4, -0.2) is 51.3 Å². The van der Waals surface area contributed by atoms with Crippen molar-refractivity contribution < 1.29 is 24.5 Å². The van der Waals surface area contributed by atoms with Gasteiger partial charge in [0.05, 0.1) is 12.5 Å².